The molecule has 1 aromatic carbocycles. The second-order valence-corrected chi connectivity index (χ2v) is 19.3. The minimum atomic E-state index is -0.871. The maximum absolute atomic E-state index is 14.2. The standard InChI is InChI=1S/C45H65N3O3/c1-29(2)33-17-22-45(46-40(51)48-26-10-25-47(27-28-48)30(3)4)24-23-43(8)35(38(33)45)15-16-37-42(7)20-18-34(31-11-13-32(14-12-31)39(49)50)41(5,6)36(42)19-21-44(37,43)9/h11-14,18,33,35-38H,1,3,10,15-17,19-28H2,2,4-9H3,(H,46,51)(H,49,50)/t33-,35+,36-,37+,38+,42-,43+,44+,45-/m0/s1. The van der Waals surface area contributed by atoms with Crippen molar-refractivity contribution in [2.45, 2.75) is 118 Å². The fraction of sp³-hybridized carbons (Fsp3) is 0.689. The van der Waals surface area contributed by atoms with Gasteiger partial charge in [-0.1, -0.05) is 71.6 Å². The first-order valence-corrected chi connectivity index (χ1v) is 20.2. The van der Waals surface area contributed by atoms with E-state index in [0.717, 1.165) is 64.0 Å². The van der Waals surface area contributed by atoms with Crippen molar-refractivity contribution in [2.24, 2.45) is 51.2 Å². The highest BCUT2D eigenvalue weighted by Gasteiger charge is 2.70. The molecule has 6 heteroatoms. The Morgan fingerprint density at radius 3 is 2.16 bits per heavy atom. The first kappa shape index (κ1) is 36.3. The van der Waals surface area contributed by atoms with Gasteiger partial charge in [-0.3, -0.25) is 0 Å². The molecule has 0 bridgehead atoms. The Bertz CT molecular complexity index is 1630. The lowest BCUT2D eigenvalue weighted by atomic mass is 9.33. The zero-order chi connectivity index (χ0) is 36.7. The van der Waals surface area contributed by atoms with Crippen LogP contribution < -0.4 is 5.32 Å². The van der Waals surface area contributed by atoms with E-state index in [0.29, 0.717) is 35.2 Å². The molecule has 1 aromatic rings. The number of nitrogens with zero attached hydrogens (tertiary/aromatic N) is 2. The van der Waals surface area contributed by atoms with Crippen LogP contribution in [0.25, 0.3) is 5.57 Å². The second kappa shape index (κ2) is 12.5. The molecule has 6 aliphatic rings. The molecule has 1 aliphatic heterocycles. The van der Waals surface area contributed by atoms with Crippen LogP contribution in [0.5, 0.6) is 0 Å². The Morgan fingerprint density at radius 1 is 0.804 bits per heavy atom. The topological polar surface area (TPSA) is 72.9 Å². The van der Waals surface area contributed by atoms with E-state index < -0.39 is 5.97 Å². The van der Waals surface area contributed by atoms with Gasteiger partial charge in [0.1, 0.15) is 0 Å². The third-order valence-corrected chi connectivity index (χ3v) is 16.8. The van der Waals surface area contributed by atoms with E-state index in [4.69, 9.17) is 0 Å². The Balaban J connectivity index is 1.17. The fourth-order valence-corrected chi connectivity index (χ4v) is 14.1. The van der Waals surface area contributed by atoms with Crippen LogP contribution in [-0.4, -0.2) is 58.6 Å². The van der Waals surface area contributed by atoms with Gasteiger partial charge in [-0.15, -0.1) is 0 Å². The van der Waals surface area contributed by atoms with Crippen molar-refractivity contribution in [1.82, 2.24) is 15.1 Å². The van der Waals surface area contributed by atoms with Gasteiger partial charge in [-0.2, -0.15) is 0 Å². The summed E-state index contributed by atoms with van der Waals surface area (Å²) in [7, 11) is 0. The van der Waals surface area contributed by atoms with Gasteiger partial charge in [0.2, 0.25) is 0 Å². The summed E-state index contributed by atoms with van der Waals surface area (Å²) in [6.45, 7) is 29.4. The van der Waals surface area contributed by atoms with Gasteiger partial charge in [-0.25, -0.2) is 9.59 Å². The molecule has 9 atom stereocenters. The predicted molar refractivity (Wildman–Crippen MR) is 207 cm³/mol. The van der Waals surface area contributed by atoms with E-state index in [1.807, 2.05) is 12.1 Å². The molecule has 6 nitrogen and oxygen atoms in total. The molecule has 1 saturated heterocycles. The minimum absolute atomic E-state index is 0.00590. The summed E-state index contributed by atoms with van der Waals surface area (Å²) in [4.78, 5) is 30.2. The number of carboxylic acid groups (broad SMARTS) is 1. The lowest BCUT2D eigenvalue weighted by Gasteiger charge is -2.72. The second-order valence-electron chi connectivity index (χ2n) is 19.3. The van der Waals surface area contributed by atoms with Gasteiger partial charge in [-0.05, 0) is 153 Å². The zero-order valence-electron chi connectivity index (χ0n) is 32.7. The summed E-state index contributed by atoms with van der Waals surface area (Å²) >= 11 is 0. The molecular formula is C45H65N3O3. The minimum Gasteiger partial charge on any atom is -0.478 e. The number of benzene rings is 1. The Labute approximate surface area is 308 Å². The zero-order valence-corrected chi connectivity index (χ0v) is 32.7. The molecule has 51 heavy (non-hydrogen) atoms. The Hall–Kier alpha value is -3.02. The van der Waals surface area contributed by atoms with Crippen LogP contribution in [0.4, 0.5) is 4.79 Å². The third-order valence-electron chi connectivity index (χ3n) is 16.8. The van der Waals surface area contributed by atoms with Crippen LogP contribution in [0.3, 0.4) is 0 Å². The van der Waals surface area contributed by atoms with Crippen molar-refractivity contribution < 1.29 is 14.7 Å². The first-order valence-electron chi connectivity index (χ1n) is 20.2. The number of rotatable bonds is 5. The van der Waals surface area contributed by atoms with Gasteiger partial charge < -0.3 is 20.2 Å². The van der Waals surface area contributed by atoms with Crippen LogP contribution in [-0.2, 0) is 0 Å². The predicted octanol–water partition coefficient (Wildman–Crippen LogP) is 10.0. The number of aromatic carboxylic acids is 1. The average molecular weight is 696 g/mol. The average Bonchev–Trinajstić information content (AvgIpc) is 3.26. The molecular weight excluding hydrogens is 631 g/mol. The molecule has 0 unspecified atom stereocenters. The van der Waals surface area contributed by atoms with Crippen LogP contribution in [0, 0.1) is 51.2 Å². The van der Waals surface area contributed by atoms with Crippen molar-refractivity contribution in [3.05, 3.63) is 65.9 Å². The van der Waals surface area contributed by atoms with Crippen molar-refractivity contribution in [3.63, 3.8) is 0 Å². The lowest BCUT2D eigenvalue weighted by molar-refractivity contribution is -0.218. The van der Waals surface area contributed by atoms with Gasteiger partial charge in [0, 0.05) is 37.4 Å². The molecule has 2 N–H and O–H groups in total. The molecule has 5 fully saturated rings. The fourth-order valence-electron chi connectivity index (χ4n) is 14.1. The smallest absolute Gasteiger partial charge is 0.335 e. The summed E-state index contributed by atoms with van der Waals surface area (Å²) in [6.07, 6.45) is 14.0. The highest BCUT2D eigenvalue weighted by atomic mass is 16.4. The molecule has 5 aliphatic carbocycles. The van der Waals surface area contributed by atoms with Crippen LogP contribution >= 0.6 is 0 Å². The number of carbonyl (C=O) groups excluding carboxylic acids is 1. The summed E-state index contributed by atoms with van der Waals surface area (Å²) in [5.74, 6) is 1.78. The SMILES string of the molecule is C=C(C)[C@@H]1CC[C@]2(NC(=O)N3CCCN(C(=C)C)CC3)CC[C@]3(C)[C@H](CC[C@@H]4[C@@]5(C)CC=C(c6ccc(C(=O)O)cc6)C(C)(C)[C@@H]5CC[C@]43C)[C@@H]12. The maximum atomic E-state index is 14.2. The van der Waals surface area contributed by atoms with E-state index in [-0.39, 0.29) is 33.2 Å². The summed E-state index contributed by atoms with van der Waals surface area (Å²) in [6, 6.07) is 7.72. The largest absolute Gasteiger partial charge is 0.478 e. The number of carbonyl (C=O) groups is 2. The number of amides is 2. The molecule has 4 saturated carbocycles. The van der Waals surface area contributed by atoms with E-state index in [1.165, 1.54) is 48.8 Å². The van der Waals surface area contributed by atoms with E-state index in [9.17, 15) is 14.7 Å². The van der Waals surface area contributed by atoms with Crippen LogP contribution in [0.15, 0.2) is 54.8 Å². The summed E-state index contributed by atoms with van der Waals surface area (Å²) in [5.41, 5.74) is 5.76. The van der Waals surface area contributed by atoms with E-state index in [2.05, 4.69) is 82.8 Å². The normalized spacial score (nSPS) is 40.1. The molecule has 0 radical (unpaired) electrons. The van der Waals surface area contributed by atoms with Gasteiger partial charge in [0.05, 0.1) is 5.56 Å². The number of allylic oxidation sites excluding steroid dienone is 4. The molecule has 1 heterocycles. The number of carboxylic acids is 1. The Kier molecular flexibility index (Phi) is 8.94. The number of hydrogen-bond donors (Lipinski definition) is 2. The summed E-state index contributed by atoms with van der Waals surface area (Å²) in [5, 5.41) is 13.3. The summed E-state index contributed by atoms with van der Waals surface area (Å²) < 4.78 is 0. The van der Waals surface area contributed by atoms with Crippen molar-refractivity contribution in [1.29, 1.82) is 0 Å². The van der Waals surface area contributed by atoms with Gasteiger partial charge >= 0.3 is 12.0 Å². The number of nitrogens with one attached hydrogen (secondary N) is 1. The highest BCUT2D eigenvalue weighted by Crippen LogP contribution is 2.76. The number of fused-ring (bicyclic) bond motifs is 7. The number of hydrogen-bond acceptors (Lipinski definition) is 3. The Morgan fingerprint density at radius 2 is 1.49 bits per heavy atom. The molecule has 278 valence electrons. The maximum Gasteiger partial charge on any atom is 0.335 e. The van der Waals surface area contributed by atoms with Gasteiger partial charge in [0.15, 0.2) is 0 Å². The van der Waals surface area contributed by atoms with E-state index >= 15 is 0 Å². The molecule has 7 rings (SSSR count). The number of urea groups is 1. The van der Waals surface area contributed by atoms with Crippen LogP contribution in [0.1, 0.15) is 129 Å². The first-order chi connectivity index (χ1) is 24.0. The molecule has 2 amide bonds. The highest BCUT2D eigenvalue weighted by molar-refractivity contribution is 5.88. The van der Waals surface area contributed by atoms with E-state index in [1.54, 1.807) is 12.1 Å². The monoisotopic (exact) mass is 696 g/mol. The third kappa shape index (κ3) is 5.46. The van der Waals surface area contributed by atoms with Gasteiger partial charge in [0.25, 0.3) is 0 Å². The molecule has 0 aromatic heterocycles. The van der Waals surface area contributed by atoms with Crippen LogP contribution in [0.2, 0.25) is 0 Å². The molecule has 0 spiro atoms. The lowest BCUT2D eigenvalue weighted by Crippen LogP contribution is -2.68. The van der Waals surface area contributed by atoms with Crippen molar-refractivity contribution >= 4 is 17.6 Å². The quantitative estimate of drug-likeness (QED) is 0.301. The van der Waals surface area contributed by atoms with Crippen molar-refractivity contribution in [3.8, 4) is 0 Å². The van der Waals surface area contributed by atoms with Crippen molar-refractivity contribution in [2.75, 3.05) is 26.2 Å².